The van der Waals surface area contributed by atoms with Gasteiger partial charge in [0.2, 0.25) is 0 Å². The molecule has 160 valence electrons. The van der Waals surface area contributed by atoms with Gasteiger partial charge in [0.05, 0.1) is 17.2 Å². The fourth-order valence-corrected chi connectivity index (χ4v) is 4.14. The number of thiazole rings is 1. The van der Waals surface area contributed by atoms with Crippen molar-refractivity contribution in [3.05, 3.63) is 75.7 Å². The fourth-order valence-electron chi connectivity index (χ4n) is 3.55. The monoisotopic (exact) mass is 436 g/mol. The molecule has 3 aromatic rings. The molecule has 1 aromatic heterocycles. The summed E-state index contributed by atoms with van der Waals surface area (Å²) in [7, 11) is 0. The molecule has 31 heavy (non-hydrogen) atoms. The number of para-hydroxylation sites is 1. The number of carbonyl (C=O) groups excluding carboxylic acids is 2. The van der Waals surface area contributed by atoms with Crippen LogP contribution < -0.4 is 20.5 Å². The lowest BCUT2D eigenvalue weighted by atomic mass is 10.0. The standard InChI is InChI=1S/C23H24N4O3S/c1-16-24-19(15-31-16)14-30-20-9-4-7-18(12-20)23(29)26-25-22(28)13-27-11-5-8-17-6-2-3-10-21(17)27/h2-4,6-7,9-10,12,15H,5,8,11,13-14H2,1H3,(H,25,28)(H,26,29). The number of hydrazine groups is 1. The molecule has 2 aromatic carbocycles. The Morgan fingerprint density at radius 3 is 2.87 bits per heavy atom. The third-order valence-corrected chi connectivity index (χ3v) is 5.83. The van der Waals surface area contributed by atoms with E-state index in [1.807, 2.05) is 35.4 Å². The van der Waals surface area contributed by atoms with Gasteiger partial charge in [-0.1, -0.05) is 24.3 Å². The van der Waals surface area contributed by atoms with Crippen LogP contribution in [0.4, 0.5) is 5.69 Å². The Hall–Kier alpha value is -3.39. The van der Waals surface area contributed by atoms with E-state index in [1.165, 1.54) is 5.56 Å². The van der Waals surface area contributed by atoms with Crippen molar-refractivity contribution in [2.45, 2.75) is 26.4 Å². The van der Waals surface area contributed by atoms with Crippen molar-refractivity contribution in [3.63, 3.8) is 0 Å². The summed E-state index contributed by atoms with van der Waals surface area (Å²) < 4.78 is 5.73. The van der Waals surface area contributed by atoms with E-state index in [1.54, 1.807) is 35.6 Å². The smallest absolute Gasteiger partial charge is 0.269 e. The summed E-state index contributed by atoms with van der Waals surface area (Å²) in [6, 6.07) is 14.9. The summed E-state index contributed by atoms with van der Waals surface area (Å²) in [6.45, 7) is 3.28. The summed E-state index contributed by atoms with van der Waals surface area (Å²) in [5.41, 5.74) is 8.57. The van der Waals surface area contributed by atoms with E-state index in [0.717, 1.165) is 35.8 Å². The van der Waals surface area contributed by atoms with Crippen LogP contribution in [0.2, 0.25) is 0 Å². The van der Waals surface area contributed by atoms with E-state index < -0.39 is 5.91 Å². The molecule has 1 aliphatic rings. The minimum Gasteiger partial charge on any atom is -0.487 e. The SMILES string of the molecule is Cc1nc(COc2cccc(C(=O)NNC(=O)CN3CCCc4ccccc43)c2)cs1. The second kappa shape index (κ2) is 9.61. The van der Waals surface area contributed by atoms with Crippen LogP contribution in [0, 0.1) is 6.92 Å². The van der Waals surface area contributed by atoms with Crippen LogP contribution in [-0.4, -0.2) is 29.9 Å². The number of carbonyl (C=O) groups is 2. The highest BCUT2D eigenvalue weighted by molar-refractivity contribution is 7.09. The van der Waals surface area contributed by atoms with E-state index >= 15 is 0 Å². The van der Waals surface area contributed by atoms with Crippen molar-refractivity contribution in [1.29, 1.82) is 0 Å². The molecule has 2 N–H and O–H groups in total. The highest BCUT2D eigenvalue weighted by Gasteiger charge is 2.19. The number of ether oxygens (including phenoxy) is 1. The lowest BCUT2D eigenvalue weighted by Crippen LogP contribution is -2.47. The van der Waals surface area contributed by atoms with E-state index in [4.69, 9.17) is 4.74 Å². The molecule has 0 radical (unpaired) electrons. The highest BCUT2D eigenvalue weighted by Crippen LogP contribution is 2.26. The number of rotatable bonds is 6. The lowest BCUT2D eigenvalue weighted by molar-refractivity contribution is -0.120. The normalized spacial score (nSPS) is 12.7. The van der Waals surface area contributed by atoms with Crippen molar-refractivity contribution in [1.82, 2.24) is 15.8 Å². The van der Waals surface area contributed by atoms with Crippen LogP contribution >= 0.6 is 11.3 Å². The fraction of sp³-hybridized carbons (Fsp3) is 0.261. The zero-order valence-electron chi connectivity index (χ0n) is 17.3. The van der Waals surface area contributed by atoms with Crippen LogP contribution in [0.1, 0.15) is 33.0 Å². The Kier molecular flexibility index (Phi) is 6.47. The zero-order chi connectivity index (χ0) is 21.6. The van der Waals surface area contributed by atoms with E-state index in [2.05, 4.69) is 21.9 Å². The number of hydrogen-bond donors (Lipinski definition) is 2. The number of nitrogens with zero attached hydrogens (tertiary/aromatic N) is 2. The molecule has 0 spiro atoms. The van der Waals surface area contributed by atoms with Crippen molar-refractivity contribution < 1.29 is 14.3 Å². The lowest BCUT2D eigenvalue weighted by Gasteiger charge is -2.30. The molecule has 8 heteroatoms. The van der Waals surface area contributed by atoms with Gasteiger partial charge >= 0.3 is 0 Å². The molecule has 0 unspecified atom stereocenters. The number of hydrogen-bond acceptors (Lipinski definition) is 6. The Balaban J connectivity index is 1.29. The summed E-state index contributed by atoms with van der Waals surface area (Å²) in [4.78, 5) is 31.2. The number of benzene rings is 2. The Morgan fingerprint density at radius 2 is 2.03 bits per heavy atom. The second-order valence-electron chi connectivity index (χ2n) is 7.33. The van der Waals surface area contributed by atoms with Gasteiger partial charge in [-0.25, -0.2) is 4.98 Å². The summed E-state index contributed by atoms with van der Waals surface area (Å²) in [5.74, 6) is -0.103. The largest absolute Gasteiger partial charge is 0.487 e. The van der Waals surface area contributed by atoms with Gasteiger partial charge in [0.1, 0.15) is 12.4 Å². The number of fused-ring (bicyclic) bond motifs is 1. The van der Waals surface area contributed by atoms with E-state index in [9.17, 15) is 9.59 Å². The summed E-state index contributed by atoms with van der Waals surface area (Å²) >= 11 is 1.57. The molecular weight excluding hydrogens is 412 g/mol. The van der Waals surface area contributed by atoms with E-state index in [0.29, 0.717) is 17.9 Å². The number of aryl methyl sites for hydroxylation is 2. The van der Waals surface area contributed by atoms with Gasteiger partial charge in [-0.3, -0.25) is 20.4 Å². The summed E-state index contributed by atoms with van der Waals surface area (Å²) in [6.07, 6.45) is 2.02. The van der Waals surface area contributed by atoms with Crippen molar-refractivity contribution in [2.24, 2.45) is 0 Å². The summed E-state index contributed by atoms with van der Waals surface area (Å²) in [5, 5.41) is 2.93. The van der Waals surface area contributed by atoms with Gasteiger partial charge in [0, 0.05) is 23.2 Å². The molecule has 0 aliphatic carbocycles. The number of amides is 2. The first kappa shape index (κ1) is 20.9. The van der Waals surface area contributed by atoms with Crippen LogP contribution in [0.15, 0.2) is 53.9 Å². The third kappa shape index (κ3) is 5.40. The predicted molar refractivity (Wildman–Crippen MR) is 120 cm³/mol. The quantitative estimate of drug-likeness (QED) is 0.580. The molecular formula is C23H24N4O3S. The second-order valence-corrected chi connectivity index (χ2v) is 8.39. The molecule has 4 rings (SSSR count). The molecule has 1 aliphatic heterocycles. The van der Waals surface area contributed by atoms with Crippen LogP contribution in [-0.2, 0) is 17.8 Å². The minimum absolute atomic E-state index is 0.188. The first-order valence-electron chi connectivity index (χ1n) is 10.1. The average molecular weight is 437 g/mol. The van der Waals surface area contributed by atoms with Crippen LogP contribution in [0.25, 0.3) is 0 Å². The molecule has 7 nitrogen and oxygen atoms in total. The number of nitrogens with one attached hydrogen (secondary N) is 2. The van der Waals surface area contributed by atoms with Gasteiger partial charge in [0.15, 0.2) is 0 Å². The molecule has 0 bridgehead atoms. The topological polar surface area (TPSA) is 83.6 Å². The molecule has 2 amide bonds. The maximum absolute atomic E-state index is 12.5. The first-order chi connectivity index (χ1) is 15.1. The van der Waals surface area contributed by atoms with Gasteiger partial charge in [0.25, 0.3) is 11.8 Å². The maximum Gasteiger partial charge on any atom is 0.269 e. The Bertz CT molecular complexity index is 1080. The van der Waals surface area contributed by atoms with Gasteiger partial charge in [-0.2, -0.15) is 0 Å². The first-order valence-corrected chi connectivity index (χ1v) is 11.0. The molecule has 2 heterocycles. The third-order valence-electron chi connectivity index (χ3n) is 5.01. The Labute approximate surface area is 185 Å². The van der Waals surface area contributed by atoms with Crippen molar-refractivity contribution in [3.8, 4) is 5.75 Å². The number of anilines is 1. The molecule has 0 fully saturated rings. The highest BCUT2D eigenvalue weighted by atomic mass is 32.1. The van der Waals surface area contributed by atoms with Gasteiger partial charge in [-0.15, -0.1) is 11.3 Å². The van der Waals surface area contributed by atoms with Crippen LogP contribution in [0.5, 0.6) is 5.75 Å². The van der Waals surface area contributed by atoms with E-state index in [-0.39, 0.29) is 12.5 Å². The average Bonchev–Trinajstić information content (AvgIpc) is 3.21. The molecule has 0 saturated carbocycles. The van der Waals surface area contributed by atoms with Crippen molar-refractivity contribution in [2.75, 3.05) is 18.0 Å². The molecule has 0 saturated heterocycles. The zero-order valence-corrected chi connectivity index (χ0v) is 18.1. The van der Waals surface area contributed by atoms with Crippen LogP contribution in [0.3, 0.4) is 0 Å². The minimum atomic E-state index is -0.401. The van der Waals surface area contributed by atoms with Crippen molar-refractivity contribution >= 4 is 28.8 Å². The van der Waals surface area contributed by atoms with Gasteiger partial charge < -0.3 is 9.64 Å². The van der Waals surface area contributed by atoms with Gasteiger partial charge in [-0.05, 0) is 49.6 Å². The number of aromatic nitrogens is 1. The molecule has 0 atom stereocenters. The predicted octanol–water partition coefficient (Wildman–Crippen LogP) is 3.24. The maximum atomic E-state index is 12.5. The Morgan fingerprint density at radius 1 is 1.16 bits per heavy atom.